The minimum atomic E-state index is -5.07. The predicted molar refractivity (Wildman–Crippen MR) is 204 cm³/mol. The molecule has 0 saturated carbocycles. The van der Waals surface area contributed by atoms with Crippen molar-refractivity contribution in [2.45, 2.75) is 57.3 Å². The van der Waals surface area contributed by atoms with Crippen molar-refractivity contribution in [1.29, 1.82) is 0 Å². The maximum atomic E-state index is 13.7. The number of aliphatic hydroxyl groups is 2. The lowest BCUT2D eigenvalue weighted by Crippen LogP contribution is -2.32. The molecule has 0 aliphatic heterocycles. The Morgan fingerprint density at radius 3 is 1.57 bits per heavy atom. The monoisotopic (exact) mass is 804 g/mol. The summed E-state index contributed by atoms with van der Waals surface area (Å²) in [6.07, 6.45) is -2.83. The summed E-state index contributed by atoms with van der Waals surface area (Å²) >= 11 is 0. The normalized spacial score (nSPS) is 14.1. The molecule has 0 fully saturated rings. The third-order valence-corrected chi connectivity index (χ3v) is 10.4. The largest absolute Gasteiger partial charge is 0.512 e. The number of rotatable bonds is 6. The number of aryl methyl sites for hydroxylation is 4. The van der Waals surface area contributed by atoms with Gasteiger partial charge in [0.05, 0.1) is 5.56 Å². The van der Waals surface area contributed by atoms with Crippen molar-refractivity contribution in [2.24, 2.45) is 0 Å². The van der Waals surface area contributed by atoms with Crippen LogP contribution in [0.4, 0.5) is 39.5 Å². The highest BCUT2D eigenvalue weighted by molar-refractivity contribution is 6.14. The van der Waals surface area contributed by atoms with E-state index in [0.29, 0.717) is 42.2 Å². The van der Waals surface area contributed by atoms with Crippen LogP contribution < -0.4 is 20.9 Å². The van der Waals surface area contributed by atoms with Crippen molar-refractivity contribution >= 4 is 51.0 Å². The van der Waals surface area contributed by atoms with E-state index in [1.165, 1.54) is 6.07 Å². The van der Waals surface area contributed by atoms with Crippen LogP contribution in [0.3, 0.4) is 0 Å². The van der Waals surface area contributed by atoms with Gasteiger partial charge in [0.25, 0.3) is 0 Å². The number of aliphatic hydroxyl groups excluding tert-OH is 2. The molecular formula is C46H33F9O3. The summed E-state index contributed by atoms with van der Waals surface area (Å²) in [5.41, 5.74) is -0.670. The fraction of sp³-hybridized carbons (Fsp3) is 0.196. The average Bonchev–Trinajstić information content (AvgIpc) is 3.15. The summed E-state index contributed by atoms with van der Waals surface area (Å²) < 4.78 is 117. The molecule has 0 saturated heterocycles. The number of carbonyl (C=O) groups is 1. The number of Topliss-reactive ketones (excluding diaryl/α,β-unsaturated/α-hetero) is 1. The first-order valence-electron chi connectivity index (χ1n) is 18.3. The molecule has 58 heavy (non-hydrogen) atoms. The number of hydrogen-bond donors (Lipinski definition) is 2. The van der Waals surface area contributed by atoms with Gasteiger partial charge in [-0.15, -0.1) is 0 Å². The van der Waals surface area contributed by atoms with Crippen LogP contribution in [0, 0.1) is 17.5 Å². The Hall–Kier alpha value is -6.04. The van der Waals surface area contributed by atoms with Gasteiger partial charge in [0, 0.05) is 23.3 Å². The highest BCUT2D eigenvalue weighted by atomic mass is 19.4. The second-order valence-electron chi connectivity index (χ2n) is 14.4. The van der Waals surface area contributed by atoms with Gasteiger partial charge in [-0.25, -0.2) is 13.2 Å². The molecule has 0 unspecified atom stereocenters. The highest BCUT2D eigenvalue weighted by Gasteiger charge is 2.38. The zero-order chi connectivity index (χ0) is 41.5. The molecule has 8 rings (SSSR count). The molecule has 298 valence electrons. The number of hydrogen-bond acceptors (Lipinski definition) is 3. The Labute approximate surface area is 325 Å². The summed E-state index contributed by atoms with van der Waals surface area (Å²) in [7, 11) is 0. The molecule has 3 nitrogen and oxygen atoms in total. The summed E-state index contributed by atoms with van der Waals surface area (Å²) in [5.74, 6) is -4.68. The van der Waals surface area contributed by atoms with Crippen molar-refractivity contribution in [2.75, 3.05) is 0 Å². The second-order valence-corrected chi connectivity index (χ2v) is 14.4. The van der Waals surface area contributed by atoms with E-state index in [4.69, 9.17) is 0 Å². The molecule has 2 aliphatic rings. The van der Waals surface area contributed by atoms with Crippen LogP contribution in [0.15, 0.2) is 91.0 Å². The van der Waals surface area contributed by atoms with Crippen LogP contribution in [0.1, 0.15) is 52.6 Å². The molecular weight excluding hydrogens is 771 g/mol. The molecule has 0 heterocycles. The summed E-state index contributed by atoms with van der Waals surface area (Å²) in [4.78, 5) is 11.7. The number of carbonyl (C=O) groups excluding carboxylic acids is 1. The van der Waals surface area contributed by atoms with E-state index in [2.05, 4.69) is 6.08 Å². The lowest BCUT2D eigenvalue weighted by molar-refractivity contribution is -0.142. The Morgan fingerprint density at radius 2 is 1.02 bits per heavy atom. The molecule has 12 heteroatoms. The minimum absolute atomic E-state index is 0.166. The second kappa shape index (κ2) is 15.7. The molecule has 0 bridgehead atoms. The molecule has 2 N–H and O–H groups in total. The molecule has 6 aromatic carbocycles. The van der Waals surface area contributed by atoms with Crippen molar-refractivity contribution < 1.29 is 54.5 Å². The fourth-order valence-electron chi connectivity index (χ4n) is 7.34. The number of benzene rings is 6. The van der Waals surface area contributed by atoms with E-state index >= 15 is 0 Å². The Bertz CT molecular complexity index is 2850. The van der Waals surface area contributed by atoms with Crippen LogP contribution in [-0.2, 0) is 42.8 Å². The van der Waals surface area contributed by atoms with E-state index in [0.717, 1.165) is 79.0 Å². The topological polar surface area (TPSA) is 57.5 Å². The first-order valence-corrected chi connectivity index (χ1v) is 18.3. The first-order chi connectivity index (χ1) is 27.4. The Morgan fingerprint density at radius 1 is 0.517 bits per heavy atom. The number of alkyl halides is 6. The van der Waals surface area contributed by atoms with E-state index < -0.39 is 40.9 Å². The zero-order valence-corrected chi connectivity index (χ0v) is 30.5. The van der Waals surface area contributed by atoms with E-state index in [1.54, 1.807) is 12.1 Å². The third-order valence-electron chi connectivity index (χ3n) is 10.4. The van der Waals surface area contributed by atoms with Crippen LogP contribution in [0.2, 0.25) is 0 Å². The van der Waals surface area contributed by atoms with Crippen LogP contribution in [0.25, 0.3) is 45.2 Å². The van der Waals surface area contributed by atoms with E-state index in [-0.39, 0.29) is 29.9 Å². The van der Waals surface area contributed by atoms with Crippen molar-refractivity contribution in [1.82, 2.24) is 0 Å². The van der Waals surface area contributed by atoms with Gasteiger partial charge in [0.2, 0.25) is 5.78 Å². The molecule has 0 atom stereocenters. The smallest absolute Gasteiger partial charge is 0.422 e. The molecule has 6 aromatic rings. The van der Waals surface area contributed by atoms with Crippen LogP contribution >= 0.6 is 0 Å². The molecule has 0 radical (unpaired) electrons. The maximum Gasteiger partial charge on any atom is 0.422 e. The zero-order valence-electron chi connectivity index (χ0n) is 30.5. The van der Waals surface area contributed by atoms with Gasteiger partial charge < -0.3 is 10.2 Å². The standard InChI is InChI=1S/C23H17F5O.C23H16F4O2/c24-19-9-14(10-20(25)22(19)23(26,27)28)5-4-13-6-7-15-11-16-2-1-3-21(29)18(16)12-17(15)8-13;24-20-10-14(4-7-19(20)23(25,26)27)2-1-13-3-5-15-11-16-6-8-21(28)22(29)18(16)12-17(15)9-13/h2,6-12,29H,1,3-5H2;3-7,9-12,29H,1-2,8H2. The van der Waals surface area contributed by atoms with Gasteiger partial charge in [0.1, 0.15) is 28.8 Å². The van der Waals surface area contributed by atoms with Crippen molar-refractivity contribution in [3.05, 3.63) is 163 Å². The molecule has 0 aromatic heterocycles. The summed E-state index contributed by atoms with van der Waals surface area (Å²) in [6.45, 7) is 0. The Kier molecular flexibility index (Phi) is 10.9. The van der Waals surface area contributed by atoms with E-state index in [1.807, 2.05) is 54.6 Å². The first kappa shape index (κ1) is 40.2. The van der Waals surface area contributed by atoms with Crippen molar-refractivity contribution in [3.63, 3.8) is 0 Å². The van der Waals surface area contributed by atoms with Crippen molar-refractivity contribution in [3.8, 4) is 0 Å². The molecule has 2 aliphatic carbocycles. The van der Waals surface area contributed by atoms with Gasteiger partial charge in [-0.3, -0.25) is 4.79 Å². The van der Waals surface area contributed by atoms with Gasteiger partial charge >= 0.3 is 12.4 Å². The minimum Gasteiger partial charge on any atom is -0.512 e. The van der Waals surface area contributed by atoms with Gasteiger partial charge in [-0.1, -0.05) is 54.6 Å². The summed E-state index contributed by atoms with van der Waals surface area (Å²) in [5, 5.41) is 27.0. The number of fused-ring (bicyclic) bond motifs is 4. The number of halogens is 9. The molecule has 0 spiro atoms. The SMILES string of the molecule is O=C1CC=c2cc3ccc(CCc4ccc(C(F)(F)F)c(F)c4)cc3cc2=C1O.OC1=c2cc3cc(CCc4cc(F)c(C(F)(F)F)c(F)c4)ccc3cc2=CCC1. The number of ketones is 1. The maximum absolute atomic E-state index is 13.7. The fourth-order valence-corrected chi connectivity index (χ4v) is 7.34. The molecule has 0 amide bonds. The highest BCUT2D eigenvalue weighted by Crippen LogP contribution is 2.34. The van der Waals surface area contributed by atoms with Crippen LogP contribution in [0.5, 0.6) is 0 Å². The summed E-state index contributed by atoms with van der Waals surface area (Å²) in [6, 6.07) is 23.5. The van der Waals surface area contributed by atoms with Gasteiger partial charge in [-0.05, 0) is 135 Å². The average molecular weight is 805 g/mol. The van der Waals surface area contributed by atoms with Crippen LogP contribution in [-0.4, -0.2) is 16.0 Å². The van der Waals surface area contributed by atoms with Gasteiger partial charge in [-0.2, -0.15) is 26.3 Å². The predicted octanol–water partition coefficient (Wildman–Crippen LogP) is 9.36. The van der Waals surface area contributed by atoms with Gasteiger partial charge in [0.15, 0.2) is 5.76 Å². The lowest BCUT2D eigenvalue weighted by Gasteiger charge is -2.11. The van der Waals surface area contributed by atoms with E-state index in [9.17, 15) is 54.5 Å². The third kappa shape index (κ3) is 8.61. The Balaban J connectivity index is 0.000000177. The quantitative estimate of drug-likeness (QED) is 0.165. The lowest BCUT2D eigenvalue weighted by atomic mass is 9.97.